The Hall–Kier alpha value is -3.05. The van der Waals surface area contributed by atoms with Gasteiger partial charge in [0.1, 0.15) is 16.3 Å². The van der Waals surface area contributed by atoms with Gasteiger partial charge in [0.15, 0.2) is 0 Å². The van der Waals surface area contributed by atoms with Crippen LogP contribution in [-0.4, -0.2) is 31.1 Å². The SMILES string of the molecule is Cc1cc(Nc2nccc(C(F)(F)F)n2)cc(-c2cnc([C@]3(O)CC[C@H](CCC(=O)O)CC3)s2)c1. The molecule has 35 heavy (non-hydrogen) atoms. The monoisotopic (exact) mass is 506 g/mol. The Labute approximate surface area is 204 Å². The summed E-state index contributed by atoms with van der Waals surface area (Å²) in [4.78, 5) is 23.5. The van der Waals surface area contributed by atoms with Crippen molar-refractivity contribution in [3.05, 3.63) is 52.9 Å². The summed E-state index contributed by atoms with van der Waals surface area (Å²) >= 11 is 1.38. The molecule has 0 bridgehead atoms. The molecule has 0 atom stereocenters. The number of carbonyl (C=O) groups is 1. The summed E-state index contributed by atoms with van der Waals surface area (Å²) in [6, 6.07) is 6.31. The summed E-state index contributed by atoms with van der Waals surface area (Å²) in [5.74, 6) is -0.674. The number of hydrogen-bond donors (Lipinski definition) is 3. The van der Waals surface area contributed by atoms with Crippen LogP contribution in [0.25, 0.3) is 10.4 Å². The highest BCUT2D eigenvalue weighted by atomic mass is 32.1. The molecule has 1 fully saturated rings. The predicted molar refractivity (Wildman–Crippen MR) is 125 cm³/mol. The molecule has 0 amide bonds. The van der Waals surface area contributed by atoms with E-state index in [4.69, 9.17) is 5.11 Å². The zero-order chi connectivity index (χ0) is 25.2. The van der Waals surface area contributed by atoms with Crippen molar-refractivity contribution in [1.82, 2.24) is 15.0 Å². The van der Waals surface area contributed by atoms with Crippen LogP contribution in [0.5, 0.6) is 0 Å². The molecule has 2 heterocycles. The molecular formula is C24H25F3N4O3S. The number of aromatic nitrogens is 3. The summed E-state index contributed by atoms with van der Waals surface area (Å²) < 4.78 is 38.9. The van der Waals surface area contributed by atoms with E-state index in [1.807, 2.05) is 13.0 Å². The molecule has 1 saturated carbocycles. The standard InChI is InChI=1S/C24H25F3N4O3S/c1-14-10-16(12-17(11-14)30-22-28-9-6-19(31-22)24(25,26)27)18-13-29-21(35-18)23(34)7-4-15(5-8-23)2-3-20(32)33/h6,9-13,15,34H,2-5,7-8H2,1H3,(H,32,33)(H,28,30,31)/t15-,23-. The molecule has 3 N–H and O–H groups in total. The van der Waals surface area contributed by atoms with Crippen LogP contribution in [0.3, 0.4) is 0 Å². The van der Waals surface area contributed by atoms with E-state index in [1.54, 1.807) is 18.3 Å². The molecule has 1 aromatic carbocycles. The van der Waals surface area contributed by atoms with E-state index in [0.29, 0.717) is 30.0 Å². The number of halogens is 3. The largest absolute Gasteiger partial charge is 0.481 e. The van der Waals surface area contributed by atoms with Crippen molar-refractivity contribution in [3.63, 3.8) is 0 Å². The molecule has 1 aliphatic carbocycles. The molecule has 1 aliphatic rings. The number of aliphatic hydroxyl groups is 1. The zero-order valence-corrected chi connectivity index (χ0v) is 19.8. The number of anilines is 2. The number of benzene rings is 1. The number of nitrogens with zero attached hydrogens (tertiary/aromatic N) is 3. The van der Waals surface area contributed by atoms with Crippen LogP contribution in [0.1, 0.15) is 54.8 Å². The lowest BCUT2D eigenvalue weighted by molar-refractivity contribution is -0.141. The van der Waals surface area contributed by atoms with Crippen LogP contribution in [0, 0.1) is 12.8 Å². The maximum Gasteiger partial charge on any atom is 0.433 e. The molecular weight excluding hydrogens is 481 g/mol. The van der Waals surface area contributed by atoms with Gasteiger partial charge < -0.3 is 15.5 Å². The number of aliphatic carboxylic acids is 1. The van der Waals surface area contributed by atoms with Gasteiger partial charge in [-0.05, 0) is 74.3 Å². The third-order valence-corrected chi connectivity index (χ3v) is 7.41. The molecule has 3 aromatic rings. The molecule has 0 saturated heterocycles. The maximum atomic E-state index is 13.0. The van der Waals surface area contributed by atoms with E-state index in [1.165, 1.54) is 11.3 Å². The molecule has 0 radical (unpaired) electrons. The van der Waals surface area contributed by atoms with Crippen molar-refractivity contribution in [3.8, 4) is 10.4 Å². The van der Waals surface area contributed by atoms with Crippen molar-refractivity contribution in [2.75, 3.05) is 5.32 Å². The van der Waals surface area contributed by atoms with Gasteiger partial charge in [-0.3, -0.25) is 4.79 Å². The highest BCUT2D eigenvalue weighted by Crippen LogP contribution is 2.44. The number of hydrogen-bond acceptors (Lipinski definition) is 7. The van der Waals surface area contributed by atoms with Crippen molar-refractivity contribution in [1.29, 1.82) is 0 Å². The zero-order valence-electron chi connectivity index (χ0n) is 19.0. The van der Waals surface area contributed by atoms with Gasteiger partial charge in [-0.2, -0.15) is 13.2 Å². The van der Waals surface area contributed by atoms with Gasteiger partial charge in [0.25, 0.3) is 0 Å². The van der Waals surface area contributed by atoms with Crippen LogP contribution in [0.15, 0.2) is 36.7 Å². The summed E-state index contributed by atoms with van der Waals surface area (Å²) in [7, 11) is 0. The van der Waals surface area contributed by atoms with Gasteiger partial charge in [0.05, 0.1) is 4.88 Å². The highest BCUT2D eigenvalue weighted by molar-refractivity contribution is 7.15. The fraction of sp³-hybridized carbons (Fsp3) is 0.417. The molecule has 4 rings (SSSR count). The van der Waals surface area contributed by atoms with E-state index < -0.39 is 23.4 Å². The van der Waals surface area contributed by atoms with E-state index >= 15 is 0 Å². The predicted octanol–water partition coefficient (Wildman–Crippen LogP) is 5.91. The Morgan fingerprint density at radius 1 is 1.23 bits per heavy atom. The highest BCUT2D eigenvalue weighted by Gasteiger charge is 2.37. The molecule has 7 nitrogen and oxygen atoms in total. The average molecular weight is 507 g/mol. The van der Waals surface area contributed by atoms with Crippen molar-refractivity contribution < 1.29 is 28.2 Å². The van der Waals surface area contributed by atoms with Crippen LogP contribution >= 0.6 is 11.3 Å². The second-order valence-electron chi connectivity index (χ2n) is 8.91. The number of thiazole rings is 1. The Bertz CT molecular complexity index is 1210. The van der Waals surface area contributed by atoms with Crippen LogP contribution in [-0.2, 0) is 16.6 Å². The minimum absolute atomic E-state index is 0.139. The van der Waals surface area contributed by atoms with Crippen molar-refractivity contribution in [2.24, 2.45) is 5.92 Å². The fourth-order valence-electron chi connectivity index (χ4n) is 4.31. The second kappa shape index (κ2) is 9.90. The first-order chi connectivity index (χ1) is 16.5. The van der Waals surface area contributed by atoms with Gasteiger partial charge in [-0.25, -0.2) is 15.0 Å². The number of rotatable bonds is 7. The Kier molecular flexibility index (Phi) is 7.09. The maximum absolute atomic E-state index is 13.0. The van der Waals surface area contributed by atoms with Gasteiger partial charge >= 0.3 is 12.1 Å². The first kappa shape index (κ1) is 25.1. The smallest absolute Gasteiger partial charge is 0.433 e. The van der Waals surface area contributed by atoms with Crippen LogP contribution in [0.4, 0.5) is 24.8 Å². The normalized spacial score (nSPS) is 20.5. The average Bonchev–Trinajstić information content (AvgIpc) is 3.29. The number of aryl methyl sites for hydroxylation is 1. The van der Waals surface area contributed by atoms with Gasteiger partial charge in [0.2, 0.25) is 5.95 Å². The lowest BCUT2D eigenvalue weighted by Gasteiger charge is -2.34. The summed E-state index contributed by atoms with van der Waals surface area (Å²) in [5.41, 5.74) is 0.152. The molecule has 0 spiro atoms. The number of carboxylic acid groups (broad SMARTS) is 1. The second-order valence-corrected chi connectivity index (χ2v) is 9.94. The van der Waals surface area contributed by atoms with E-state index in [9.17, 15) is 23.1 Å². The van der Waals surface area contributed by atoms with Crippen LogP contribution < -0.4 is 5.32 Å². The minimum atomic E-state index is -4.56. The number of nitrogens with one attached hydrogen (secondary N) is 1. The Morgan fingerprint density at radius 3 is 2.66 bits per heavy atom. The van der Waals surface area contributed by atoms with Gasteiger partial charge in [-0.1, -0.05) is 6.07 Å². The first-order valence-electron chi connectivity index (χ1n) is 11.2. The molecule has 0 aliphatic heterocycles. The molecule has 0 unspecified atom stereocenters. The minimum Gasteiger partial charge on any atom is -0.481 e. The molecule has 11 heteroatoms. The van der Waals surface area contributed by atoms with E-state index in [2.05, 4.69) is 20.3 Å². The topological polar surface area (TPSA) is 108 Å². The Morgan fingerprint density at radius 2 is 1.97 bits per heavy atom. The fourth-order valence-corrected chi connectivity index (χ4v) is 5.36. The Balaban J connectivity index is 1.49. The first-order valence-corrected chi connectivity index (χ1v) is 12.0. The van der Waals surface area contributed by atoms with Crippen LogP contribution in [0.2, 0.25) is 0 Å². The lowest BCUT2D eigenvalue weighted by atomic mass is 9.77. The van der Waals surface area contributed by atoms with Gasteiger partial charge in [0, 0.05) is 24.5 Å². The van der Waals surface area contributed by atoms with Crippen molar-refractivity contribution >= 4 is 28.9 Å². The summed E-state index contributed by atoms with van der Waals surface area (Å²) in [6.45, 7) is 1.87. The lowest BCUT2D eigenvalue weighted by Crippen LogP contribution is -2.31. The number of alkyl halides is 3. The summed E-state index contributed by atoms with van der Waals surface area (Å²) in [6.07, 6.45) is 1.47. The number of carboxylic acids is 1. The quantitative estimate of drug-likeness (QED) is 0.365. The van der Waals surface area contributed by atoms with Gasteiger partial charge in [-0.15, -0.1) is 11.3 Å². The molecule has 2 aromatic heterocycles. The molecule has 186 valence electrons. The van der Waals surface area contributed by atoms with E-state index in [0.717, 1.165) is 41.1 Å². The van der Waals surface area contributed by atoms with E-state index in [-0.39, 0.29) is 18.3 Å². The third kappa shape index (κ3) is 6.15. The summed E-state index contributed by atoms with van der Waals surface area (Å²) in [5, 5.41) is 23.5. The van der Waals surface area contributed by atoms with Crippen molar-refractivity contribution in [2.45, 2.75) is 57.2 Å². The third-order valence-electron chi connectivity index (χ3n) is 6.17.